The molecule has 4 rings (SSSR count). The van der Waals surface area contributed by atoms with Crippen molar-refractivity contribution in [3.63, 3.8) is 0 Å². The first-order valence-electron chi connectivity index (χ1n) is 11.3. The molecule has 166 valence electrons. The number of amides is 2. The quantitative estimate of drug-likeness (QED) is 0.741. The van der Waals surface area contributed by atoms with E-state index < -0.39 is 0 Å². The first-order chi connectivity index (χ1) is 14.8. The highest BCUT2D eigenvalue weighted by Gasteiger charge is 2.44. The Morgan fingerprint density at radius 2 is 1.84 bits per heavy atom. The summed E-state index contributed by atoms with van der Waals surface area (Å²) in [6.45, 7) is 10.9. The largest absolute Gasteiger partial charge is 0.321 e. The van der Waals surface area contributed by atoms with Crippen molar-refractivity contribution < 1.29 is 9.18 Å². The molecule has 0 aliphatic carbocycles. The fourth-order valence-corrected chi connectivity index (χ4v) is 5.54. The number of piperidine rings is 1. The number of carbonyl (C=O) groups is 1. The van der Waals surface area contributed by atoms with Crippen LogP contribution in [0.1, 0.15) is 53.2 Å². The van der Waals surface area contributed by atoms with E-state index in [1.807, 2.05) is 29.8 Å². The average Bonchev–Trinajstić information content (AvgIpc) is 3.20. The number of nitrogens with zero attached hydrogens (tertiary/aromatic N) is 2. The number of benzene rings is 2. The molecule has 0 bridgehead atoms. The van der Waals surface area contributed by atoms with Crippen molar-refractivity contribution in [1.29, 1.82) is 0 Å². The van der Waals surface area contributed by atoms with Crippen LogP contribution < -0.4 is 5.32 Å². The molecular formula is C26H34FN3O. The molecule has 2 aromatic rings. The fraction of sp³-hybridized carbons (Fsp3) is 0.500. The summed E-state index contributed by atoms with van der Waals surface area (Å²) < 4.78 is 13.8. The van der Waals surface area contributed by atoms with Gasteiger partial charge in [-0.1, -0.05) is 35.4 Å². The van der Waals surface area contributed by atoms with Crippen LogP contribution in [-0.2, 0) is 0 Å². The van der Waals surface area contributed by atoms with Crippen molar-refractivity contribution in [2.45, 2.75) is 46.2 Å². The molecule has 4 nitrogen and oxygen atoms in total. The SMILES string of the molecule is Cc1cc(C)cc([C@@H](C)N(C)C(=O)N2CC[C@@H]3CNCC3[C@@H]2c2ccc(F)cc2C)c1. The zero-order chi connectivity index (χ0) is 22.3. The van der Waals surface area contributed by atoms with Crippen molar-refractivity contribution in [3.05, 3.63) is 70.0 Å². The minimum atomic E-state index is -0.225. The highest BCUT2D eigenvalue weighted by Crippen LogP contribution is 2.43. The van der Waals surface area contributed by atoms with Gasteiger partial charge in [-0.3, -0.25) is 0 Å². The number of nitrogens with one attached hydrogen (secondary N) is 1. The standard InChI is InChI=1S/C26H34FN3O/c1-16-10-17(2)12-21(11-16)19(4)29(5)26(31)30-9-8-20-14-28-15-24(20)25(30)23-7-6-22(27)13-18(23)3/h6-7,10-13,19-20,24-25,28H,8-9,14-15H2,1-5H3/t19-,20-,24?,25+/m1/s1. The minimum absolute atomic E-state index is 0.0273. The normalized spacial score (nSPS) is 24.1. The molecule has 0 radical (unpaired) electrons. The summed E-state index contributed by atoms with van der Waals surface area (Å²) >= 11 is 0. The molecule has 2 amide bonds. The van der Waals surface area contributed by atoms with E-state index in [4.69, 9.17) is 0 Å². The Morgan fingerprint density at radius 1 is 1.13 bits per heavy atom. The third kappa shape index (κ3) is 4.20. The molecule has 0 spiro atoms. The van der Waals surface area contributed by atoms with E-state index in [1.54, 1.807) is 6.07 Å². The van der Waals surface area contributed by atoms with Crippen LogP contribution in [0.3, 0.4) is 0 Å². The van der Waals surface area contributed by atoms with Crippen molar-refractivity contribution in [2.75, 3.05) is 26.7 Å². The van der Waals surface area contributed by atoms with E-state index >= 15 is 0 Å². The van der Waals surface area contributed by atoms with Crippen LogP contribution in [-0.4, -0.2) is 42.5 Å². The van der Waals surface area contributed by atoms with Gasteiger partial charge in [-0.05, 0) is 75.4 Å². The summed E-state index contributed by atoms with van der Waals surface area (Å²) in [7, 11) is 1.90. The second kappa shape index (κ2) is 8.62. The molecule has 2 aliphatic heterocycles. The molecule has 2 heterocycles. The Hall–Kier alpha value is -2.40. The molecule has 0 aromatic heterocycles. The molecule has 5 heteroatoms. The van der Waals surface area contributed by atoms with Crippen LogP contribution in [0.2, 0.25) is 0 Å². The maximum atomic E-state index is 13.8. The second-order valence-electron chi connectivity index (χ2n) is 9.50. The summed E-state index contributed by atoms with van der Waals surface area (Å²) in [6, 6.07) is 11.5. The van der Waals surface area contributed by atoms with Gasteiger partial charge in [-0.2, -0.15) is 0 Å². The van der Waals surface area contributed by atoms with Gasteiger partial charge in [0, 0.05) is 26.1 Å². The van der Waals surface area contributed by atoms with Gasteiger partial charge in [0.2, 0.25) is 0 Å². The Balaban J connectivity index is 1.65. The van der Waals surface area contributed by atoms with Crippen molar-refractivity contribution in [1.82, 2.24) is 15.1 Å². The topological polar surface area (TPSA) is 35.6 Å². The number of hydrogen-bond donors (Lipinski definition) is 1. The number of likely N-dealkylation sites (tertiary alicyclic amines) is 1. The molecule has 31 heavy (non-hydrogen) atoms. The van der Waals surface area contributed by atoms with Gasteiger partial charge >= 0.3 is 6.03 Å². The maximum Gasteiger partial charge on any atom is 0.320 e. The number of halogens is 1. The average molecular weight is 424 g/mol. The number of carbonyl (C=O) groups excluding carboxylic acids is 1. The lowest BCUT2D eigenvalue weighted by atomic mass is 9.78. The summed E-state index contributed by atoms with van der Waals surface area (Å²) in [6.07, 6.45) is 1.01. The summed E-state index contributed by atoms with van der Waals surface area (Å²) in [5, 5.41) is 3.52. The Morgan fingerprint density at radius 3 is 2.52 bits per heavy atom. The van der Waals surface area contributed by atoms with Gasteiger partial charge in [0.25, 0.3) is 0 Å². The van der Waals surface area contributed by atoms with Gasteiger partial charge in [0.05, 0.1) is 12.1 Å². The Bertz CT molecular complexity index is 955. The van der Waals surface area contributed by atoms with Gasteiger partial charge < -0.3 is 15.1 Å². The molecule has 2 fully saturated rings. The first kappa shape index (κ1) is 21.8. The molecule has 1 N–H and O–H groups in total. The van der Waals surface area contributed by atoms with Gasteiger partial charge in [-0.25, -0.2) is 9.18 Å². The van der Waals surface area contributed by atoms with E-state index in [2.05, 4.69) is 44.3 Å². The fourth-order valence-electron chi connectivity index (χ4n) is 5.54. The Kier molecular flexibility index (Phi) is 6.07. The predicted molar refractivity (Wildman–Crippen MR) is 123 cm³/mol. The summed E-state index contributed by atoms with van der Waals surface area (Å²) in [5.74, 6) is 0.684. The molecule has 4 atom stereocenters. The monoisotopic (exact) mass is 423 g/mol. The third-order valence-electron chi connectivity index (χ3n) is 7.28. The van der Waals surface area contributed by atoms with Gasteiger partial charge in [0.15, 0.2) is 0 Å². The van der Waals surface area contributed by atoms with Gasteiger partial charge in [0.1, 0.15) is 5.82 Å². The molecular weight excluding hydrogens is 389 g/mol. The van der Waals surface area contributed by atoms with E-state index in [9.17, 15) is 9.18 Å². The predicted octanol–water partition coefficient (Wildman–Crippen LogP) is 5.15. The van der Waals surface area contributed by atoms with E-state index in [1.165, 1.54) is 17.2 Å². The number of aryl methyl sites for hydroxylation is 3. The van der Waals surface area contributed by atoms with Crippen LogP contribution >= 0.6 is 0 Å². The first-order valence-corrected chi connectivity index (χ1v) is 11.3. The van der Waals surface area contributed by atoms with Crippen LogP contribution in [0, 0.1) is 38.4 Å². The van der Waals surface area contributed by atoms with E-state index in [0.29, 0.717) is 11.8 Å². The van der Waals surface area contributed by atoms with Crippen molar-refractivity contribution in [2.24, 2.45) is 11.8 Å². The maximum absolute atomic E-state index is 13.8. The van der Waals surface area contributed by atoms with Crippen molar-refractivity contribution in [3.8, 4) is 0 Å². The Labute approximate surface area is 185 Å². The second-order valence-corrected chi connectivity index (χ2v) is 9.50. The lowest BCUT2D eigenvalue weighted by molar-refractivity contribution is 0.0706. The van der Waals surface area contributed by atoms with Gasteiger partial charge in [-0.15, -0.1) is 0 Å². The molecule has 0 saturated carbocycles. The lowest BCUT2D eigenvalue weighted by Crippen LogP contribution is -2.51. The molecule has 2 aromatic carbocycles. The zero-order valence-corrected chi connectivity index (χ0v) is 19.3. The number of fused-ring (bicyclic) bond motifs is 1. The number of rotatable bonds is 3. The smallest absolute Gasteiger partial charge is 0.320 e. The lowest BCUT2D eigenvalue weighted by Gasteiger charge is -2.45. The van der Waals surface area contributed by atoms with Crippen LogP contribution in [0.4, 0.5) is 9.18 Å². The summed E-state index contributed by atoms with van der Waals surface area (Å²) in [4.78, 5) is 17.7. The zero-order valence-electron chi connectivity index (χ0n) is 19.3. The number of hydrogen-bond acceptors (Lipinski definition) is 2. The van der Waals surface area contributed by atoms with E-state index in [-0.39, 0.29) is 23.9 Å². The highest BCUT2D eigenvalue weighted by atomic mass is 19.1. The highest BCUT2D eigenvalue weighted by molar-refractivity contribution is 5.75. The molecule has 2 aliphatic rings. The molecule has 2 saturated heterocycles. The molecule has 1 unspecified atom stereocenters. The van der Waals surface area contributed by atoms with Crippen molar-refractivity contribution >= 4 is 6.03 Å². The minimum Gasteiger partial charge on any atom is -0.321 e. The van der Waals surface area contributed by atoms with Crippen LogP contribution in [0.5, 0.6) is 0 Å². The van der Waals surface area contributed by atoms with E-state index in [0.717, 1.165) is 42.7 Å². The number of urea groups is 1. The van der Waals surface area contributed by atoms with Crippen LogP contribution in [0.15, 0.2) is 36.4 Å². The summed E-state index contributed by atoms with van der Waals surface area (Å²) in [5.41, 5.74) is 5.56. The third-order valence-corrected chi connectivity index (χ3v) is 7.28. The van der Waals surface area contributed by atoms with Crippen LogP contribution in [0.25, 0.3) is 0 Å².